The lowest BCUT2D eigenvalue weighted by atomic mass is 10.2. The molecule has 0 aliphatic carbocycles. The Balaban J connectivity index is 3.36. The summed E-state index contributed by atoms with van der Waals surface area (Å²) in [4.78, 5) is 9.92. The molecular weight excluding hydrogens is 282 g/mol. The molecule has 20 heavy (non-hydrogen) atoms. The first-order valence-corrected chi connectivity index (χ1v) is 7.68. The maximum absolute atomic E-state index is 12.5. The second kappa shape index (κ2) is 6.19. The van der Waals surface area contributed by atoms with E-state index in [2.05, 4.69) is 0 Å². The fourth-order valence-corrected chi connectivity index (χ4v) is 3.51. The predicted molar refractivity (Wildman–Crippen MR) is 76.8 cm³/mol. The lowest BCUT2D eigenvalue weighted by Crippen LogP contribution is -2.35. The Morgan fingerprint density at radius 1 is 1.45 bits per heavy atom. The van der Waals surface area contributed by atoms with Crippen LogP contribution in [0.25, 0.3) is 0 Å². The van der Waals surface area contributed by atoms with Crippen LogP contribution in [0.2, 0.25) is 0 Å². The second-order valence-electron chi connectivity index (χ2n) is 4.61. The van der Waals surface area contributed by atoms with Gasteiger partial charge in [0.15, 0.2) is 4.90 Å². The van der Waals surface area contributed by atoms with Gasteiger partial charge in [-0.3, -0.25) is 10.1 Å². The van der Waals surface area contributed by atoms with Crippen LogP contribution in [-0.4, -0.2) is 30.7 Å². The van der Waals surface area contributed by atoms with Crippen molar-refractivity contribution in [2.24, 2.45) is 0 Å². The normalized spacial score (nSPS) is 13.4. The number of sulfonamides is 1. The third-order valence-electron chi connectivity index (χ3n) is 3.20. The number of nitrogens with two attached hydrogens (primary N) is 1. The summed E-state index contributed by atoms with van der Waals surface area (Å²) < 4.78 is 26.1. The fraction of sp³-hybridized carbons (Fsp3) is 0.500. The molecule has 1 aromatic carbocycles. The van der Waals surface area contributed by atoms with Gasteiger partial charge in [0.25, 0.3) is 0 Å². The highest BCUT2D eigenvalue weighted by Crippen LogP contribution is 2.32. The van der Waals surface area contributed by atoms with E-state index in [0.29, 0.717) is 6.42 Å². The van der Waals surface area contributed by atoms with Crippen LogP contribution in [-0.2, 0) is 10.0 Å². The quantitative estimate of drug-likeness (QED) is 0.491. The SMILES string of the molecule is CCCC(C)N(C)S(=O)(=O)c1cccc(N)c1[N+](=O)[O-]. The minimum atomic E-state index is -3.95. The number of nitro groups is 1. The standard InChI is InChI=1S/C12H19N3O4S/c1-4-6-9(2)14(3)20(18,19)11-8-5-7-10(13)12(11)15(16)17/h5,7-9H,4,6,13H2,1-3H3. The van der Waals surface area contributed by atoms with Gasteiger partial charge in [-0.1, -0.05) is 19.4 Å². The molecule has 0 amide bonds. The van der Waals surface area contributed by atoms with Crippen LogP contribution in [0.1, 0.15) is 26.7 Å². The van der Waals surface area contributed by atoms with Crippen LogP contribution in [0.15, 0.2) is 23.1 Å². The van der Waals surface area contributed by atoms with Crippen molar-refractivity contribution in [3.63, 3.8) is 0 Å². The smallest absolute Gasteiger partial charge is 0.312 e. The van der Waals surface area contributed by atoms with E-state index in [1.54, 1.807) is 6.92 Å². The molecule has 1 rings (SSSR count). The van der Waals surface area contributed by atoms with E-state index in [4.69, 9.17) is 5.73 Å². The Hall–Kier alpha value is -1.67. The molecule has 0 bridgehead atoms. The second-order valence-corrected chi connectivity index (χ2v) is 6.58. The molecule has 112 valence electrons. The molecule has 0 fully saturated rings. The number of hydrogen-bond donors (Lipinski definition) is 1. The molecular formula is C12H19N3O4S. The molecule has 0 spiro atoms. The summed E-state index contributed by atoms with van der Waals surface area (Å²) in [5.74, 6) is 0. The first kappa shape index (κ1) is 16.4. The topological polar surface area (TPSA) is 107 Å². The van der Waals surface area contributed by atoms with E-state index in [1.165, 1.54) is 25.2 Å². The van der Waals surface area contributed by atoms with Crippen LogP contribution >= 0.6 is 0 Å². The monoisotopic (exact) mass is 301 g/mol. The third kappa shape index (κ3) is 3.07. The zero-order valence-electron chi connectivity index (χ0n) is 11.7. The molecule has 2 N–H and O–H groups in total. The average molecular weight is 301 g/mol. The number of benzene rings is 1. The van der Waals surface area contributed by atoms with E-state index in [-0.39, 0.29) is 16.6 Å². The summed E-state index contributed by atoms with van der Waals surface area (Å²) in [6.07, 6.45) is 1.49. The van der Waals surface area contributed by atoms with Crippen molar-refractivity contribution in [1.82, 2.24) is 4.31 Å². The van der Waals surface area contributed by atoms with E-state index in [0.717, 1.165) is 10.7 Å². The minimum Gasteiger partial charge on any atom is -0.393 e. The van der Waals surface area contributed by atoms with Crippen molar-refractivity contribution in [2.45, 2.75) is 37.6 Å². The third-order valence-corrected chi connectivity index (χ3v) is 5.20. The van der Waals surface area contributed by atoms with Crippen molar-refractivity contribution in [3.05, 3.63) is 28.3 Å². The van der Waals surface area contributed by atoms with Crippen LogP contribution < -0.4 is 5.73 Å². The number of nitrogen functional groups attached to an aromatic ring is 1. The van der Waals surface area contributed by atoms with Crippen molar-refractivity contribution >= 4 is 21.4 Å². The summed E-state index contributed by atoms with van der Waals surface area (Å²) in [5.41, 5.74) is 4.80. The summed E-state index contributed by atoms with van der Waals surface area (Å²) >= 11 is 0. The molecule has 0 aliphatic heterocycles. The summed E-state index contributed by atoms with van der Waals surface area (Å²) in [6.45, 7) is 3.71. The summed E-state index contributed by atoms with van der Waals surface area (Å²) in [7, 11) is -2.53. The van der Waals surface area contributed by atoms with Gasteiger partial charge in [0.2, 0.25) is 10.0 Å². The van der Waals surface area contributed by atoms with E-state index in [9.17, 15) is 18.5 Å². The Bertz CT molecular complexity index is 601. The molecule has 0 saturated heterocycles. The number of nitro benzene ring substituents is 1. The van der Waals surface area contributed by atoms with Crippen LogP contribution in [0.4, 0.5) is 11.4 Å². The zero-order chi connectivity index (χ0) is 15.5. The molecule has 0 heterocycles. The molecule has 1 aromatic rings. The Kier molecular flexibility index (Phi) is 5.07. The van der Waals surface area contributed by atoms with Crippen molar-refractivity contribution < 1.29 is 13.3 Å². The van der Waals surface area contributed by atoms with E-state index in [1.807, 2.05) is 6.92 Å². The minimum absolute atomic E-state index is 0.160. The number of hydrogen-bond acceptors (Lipinski definition) is 5. The van der Waals surface area contributed by atoms with Gasteiger partial charge in [-0.2, -0.15) is 4.31 Å². The molecule has 1 unspecified atom stereocenters. The van der Waals surface area contributed by atoms with Gasteiger partial charge < -0.3 is 5.73 Å². The van der Waals surface area contributed by atoms with Crippen molar-refractivity contribution in [2.75, 3.05) is 12.8 Å². The van der Waals surface area contributed by atoms with Crippen molar-refractivity contribution in [1.29, 1.82) is 0 Å². The summed E-state index contributed by atoms with van der Waals surface area (Å²) in [5, 5.41) is 11.1. The van der Waals surface area contributed by atoms with E-state index >= 15 is 0 Å². The molecule has 0 saturated carbocycles. The highest BCUT2D eigenvalue weighted by Gasteiger charge is 2.33. The Morgan fingerprint density at radius 2 is 2.05 bits per heavy atom. The molecule has 8 heteroatoms. The van der Waals surface area contributed by atoms with Gasteiger partial charge in [0.1, 0.15) is 5.69 Å². The Labute approximate surface area is 118 Å². The highest BCUT2D eigenvalue weighted by molar-refractivity contribution is 7.89. The van der Waals surface area contributed by atoms with Crippen molar-refractivity contribution in [3.8, 4) is 0 Å². The summed E-state index contributed by atoms with van der Waals surface area (Å²) in [6, 6.07) is 3.67. The molecule has 0 radical (unpaired) electrons. The lowest BCUT2D eigenvalue weighted by molar-refractivity contribution is -0.386. The Morgan fingerprint density at radius 3 is 2.55 bits per heavy atom. The fourth-order valence-electron chi connectivity index (χ4n) is 1.93. The van der Waals surface area contributed by atoms with Gasteiger partial charge in [0, 0.05) is 13.1 Å². The maximum Gasteiger partial charge on any atom is 0.312 e. The molecule has 0 aromatic heterocycles. The van der Waals surface area contributed by atoms with Crippen LogP contribution in [0.3, 0.4) is 0 Å². The van der Waals surface area contributed by atoms with Crippen LogP contribution in [0, 0.1) is 10.1 Å². The number of anilines is 1. The maximum atomic E-state index is 12.5. The van der Waals surface area contributed by atoms with Gasteiger partial charge in [-0.25, -0.2) is 8.42 Å². The molecule has 0 aliphatic rings. The van der Waals surface area contributed by atoms with Gasteiger partial charge in [0.05, 0.1) is 4.92 Å². The van der Waals surface area contributed by atoms with Gasteiger partial charge in [-0.05, 0) is 25.5 Å². The molecule has 7 nitrogen and oxygen atoms in total. The number of para-hydroxylation sites is 1. The first-order valence-electron chi connectivity index (χ1n) is 6.24. The highest BCUT2D eigenvalue weighted by atomic mass is 32.2. The lowest BCUT2D eigenvalue weighted by Gasteiger charge is -2.23. The molecule has 1 atom stereocenters. The predicted octanol–water partition coefficient (Wildman–Crippen LogP) is 1.99. The first-order chi connectivity index (χ1) is 9.23. The average Bonchev–Trinajstić information content (AvgIpc) is 2.37. The zero-order valence-corrected chi connectivity index (χ0v) is 12.6. The van der Waals surface area contributed by atoms with Crippen LogP contribution in [0.5, 0.6) is 0 Å². The van der Waals surface area contributed by atoms with E-state index < -0.39 is 20.6 Å². The number of rotatable bonds is 6. The van der Waals surface area contributed by atoms with Gasteiger partial charge >= 0.3 is 5.69 Å². The number of nitrogens with zero attached hydrogens (tertiary/aromatic N) is 2. The van der Waals surface area contributed by atoms with Gasteiger partial charge in [-0.15, -0.1) is 0 Å². The largest absolute Gasteiger partial charge is 0.393 e.